The molecular weight excluding hydrogens is 244 g/mol. The Labute approximate surface area is 115 Å². The lowest BCUT2D eigenvalue weighted by atomic mass is 9.77. The van der Waals surface area contributed by atoms with E-state index in [0.717, 1.165) is 51.7 Å². The average molecular weight is 270 g/mol. The maximum atomic E-state index is 12.9. The van der Waals surface area contributed by atoms with E-state index in [9.17, 15) is 9.90 Å². The van der Waals surface area contributed by atoms with Gasteiger partial charge in [0.25, 0.3) is 0 Å². The van der Waals surface area contributed by atoms with E-state index in [-0.39, 0.29) is 24.0 Å². The van der Waals surface area contributed by atoms with Crippen LogP contribution in [-0.2, 0) is 9.53 Å². The van der Waals surface area contributed by atoms with E-state index in [2.05, 4.69) is 5.32 Å². The third-order valence-corrected chi connectivity index (χ3v) is 4.53. The SMILES string of the molecule is COCC1(C(=O)N2CCCCC2CO)CCNCC1. The number of ether oxygens (including phenoxy) is 1. The molecule has 0 aliphatic carbocycles. The zero-order valence-corrected chi connectivity index (χ0v) is 11.9. The minimum Gasteiger partial charge on any atom is -0.394 e. The predicted molar refractivity (Wildman–Crippen MR) is 72.9 cm³/mol. The summed E-state index contributed by atoms with van der Waals surface area (Å²) in [7, 11) is 1.66. The van der Waals surface area contributed by atoms with Gasteiger partial charge in [0.15, 0.2) is 0 Å². The second kappa shape index (κ2) is 6.68. The minimum atomic E-state index is -0.384. The Morgan fingerprint density at radius 2 is 2.16 bits per heavy atom. The van der Waals surface area contributed by atoms with Crippen molar-refractivity contribution in [3.63, 3.8) is 0 Å². The number of carbonyl (C=O) groups excluding carboxylic acids is 1. The summed E-state index contributed by atoms with van der Waals surface area (Å²) < 4.78 is 5.33. The first-order chi connectivity index (χ1) is 9.23. The fourth-order valence-corrected chi connectivity index (χ4v) is 3.36. The number of nitrogens with zero attached hydrogens (tertiary/aromatic N) is 1. The normalized spacial score (nSPS) is 27.3. The van der Waals surface area contributed by atoms with Crippen LogP contribution in [0, 0.1) is 5.41 Å². The lowest BCUT2D eigenvalue weighted by molar-refractivity contribution is -0.152. The maximum Gasteiger partial charge on any atom is 0.231 e. The van der Waals surface area contributed by atoms with Crippen LogP contribution in [0.3, 0.4) is 0 Å². The summed E-state index contributed by atoms with van der Waals surface area (Å²) in [4.78, 5) is 14.9. The van der Waals surface area contributed by atoms with E-state index in [1.165, 1.54) is 0 Å². The highest BCUT2D eigenvalue weighted by atomic mass is 16.5. The molecule has 2 heterocycles. The Hall–Kier alpha value is -0.650. The summed E-state index contributed by atoms with van der Waals surface area (Å²) >= 11 is 0. The number of hydrogen-bond acceptors (Lipinski definition) is 4. The summed E-state index contributed by atoms with van der Waals surface area (Å²) in [6.45, 7) is 3.08. The van der Waals surface area contributed by atoms with Gasteiger partial charge < -0.3 is 20.1 Å². The molecule has 1 atom stereocenters. The smallest absolute Gasteiger partial charge is 0.231 e. The highest BCUT2D eigenvalue weighted by Crippen LogP contribution is 2.33. The standard InChI is InChI=1S/C14H26N2O3/c1-19-11-14(5-7-15-8-6-14)13(18)16-9-3-2-4-12(16)10-17/h12,15,17H,2-11H2,1H3. The molecule has 0 spiro atoms. The number of likely N-dealkylation sites (tertiary alicyclic amines) is 1. The highest BCUT2D eigenvalue weighted by Gasteiger charge is 2.44. The first kappa shape index (κ1) is 14.8. The molecule has 0 bridgehead atoms. The number of piperidine rings is 2. The minimum absolute atomic E-state index is 0.00451. The second-order valence-electron chi connectivity index (χ2n) is 5.79. The third-order valence-electron chi connectivity index (χ3n) is 4.53. The fraction of sp³-hybridized carbons (Fsp3) is 0.929. The van der Waals surface area contributed by atoms with Gasteiger partial charge >= 0.3 is 0 Å². The predicted octanol–water partition coefficient (Wildman–Crippen LogP) is 0.376. The molecule has 5 nitrogen and oxygen atoms in total. The molecule has 2 aliphatic heterocycles. The monoisotopic (exact) mass is 270 g/mol. The maximum absolute atomic E-state index is 12.9. The molecule has 0 saturated carbocycles. The van der Waals surface area contributed by atoms with E-state index >= 15 is 0 Å². The summed E-state index contributed by atoms with van der Waals surface area (Å²) in [6.07, 6.45) is 4.73. The van der Waals surface area contributed by atoms with Gasteiger partial charge in [0.1, 0.15) is 0 Å². The molecule has 2 rings (SSSR count). The van der Waals surface area contributed by atoms with Gasteiger partial charge in [0, 0.05) is 13.7 Å². The Bertz CT molecular complexity index is 298. The third kappa shape index (κ3) is 3.09. The topological polar surface area (TPSA) is 61.8 Å². The van der Waals surface area contributed by atoms with Gasteiger partial charge in [0.05, 0.1) is 24.7 Å². The van der Waals surface area contributed by atoms with E-state index < -0.39 is 0 Å². The molecular formula is C14H26N2O3. The lowest BCUT2D eigenvalue weighted by Crippen LogP contribution is -2.56. The molecule has 1 amide bonds. The van der Waals surface area contributed by atoms with Crippen molar-refractivity contribution in [2.45, 2.75) is 38.1 Å². The zero-order valence-electron chi connectivity index (χ0n) is 11.9. The van der Waals surface area contributed by atoms with Crippen molar-refractivity contribution in [1.82, 2.24) is 10.2 Å². The first-order valence-corrected chi connectivity index (χ1v) is 7.35. The van der Waals surface area contributed by atoms with Crippen LogP contribution in [-0.4, -0.2) is 61.9 Å². The number of carbonyl (C=O) groups is 1. The molecule has 2 aliphatic rings. The molecule has 5 heteroatoms. The molecule has 0 radical (unpaired) electrons. The fourth-order valence-electron chi connectivity index (χ4n) is 3.36. The molecule has 1 unspecified atom stereocenters. The van der Waals surface area contributed by atoms with Crippen LogP contribution in [0.1, 0.15) is 32.1 Å². The highest BCUT2D eigenvalue weighted by molar-refractivity contribution is 5.83. The Kier molecular flexibility index (Phi) is 5.19. The molecule has 110 valence electrons. The van der Waals surface area contributed by atoms with Gasteiger partial charge in [0.2, 0.25) is 5.91 Å². The van der Waals surface area contributed by atoms with Crippen LogP contribution in [0.2, 0.25) is 0 Å². The number of aliphatic hydroxyl groups is 1. The van der Waals surface area contributed by atoms with Gasteiger partial charge in [-0.15, -0.1) is 0 Å². The number of rotatable bonds is 4. The average Bonchev–Trinajstić information content (AvgIpc) is 2.47. The van der Waals surface area contributed by atoms with Crippen LogP contribution < -0.4 is 5.32 Å². The number of methoxy groups -OCH3 is 1. The summed E-state index contributed by atoms with van der Waals surface area (Å²) in [5, 5.41) is 12.8. The van der Waals surface area contributed by atoms with Crippen molar-refractivity contribution < 1.29 is 14.6 Å². The molecule has 19 heavy (non-hydrogen) atoms. The van der Waals surface area contributed by atoms with E-state index in [0.29, 0.717) is 6.61 Å². The van der Waals surface area contributed by atoms with Crippen LogP contribution in [0.25, 0.3) is 0 Å². The second-order valence-corrected chi connectivity index (χ2v) is 5.79. The van der Waals surface area contributed by atoms with E-state index in [1.54, 1.807) is 7.11 Å². The number of amides is 1. The van der Waals surface area contributed by atoms with E-state index in [1.807, 2.05) is 4.90 Å². The van der Waals surface area contributed by atoms with Gasteiger partial charge in [-0.2, -0.15) is 0 Å². The summed E-state index contributed by atoms with van der Waals surface area (Å²) in [5.41, 5.74) is -0.384. The Morgan fingerprint density at radius 3 is 2.79 bits per heavy atom. The van der Waals surface area contributed by atoms with Crippen LogP contribution in [0.5, 0.6) is 0 Å². The molecule has 0 aromatic rings. The first-order valence-electron chi connectivity index (χ1n) is 7.35. The molecule has 2 fully saturated rings. The summed E-state index contributed by atoms with van der Waals surface area (Å²) in [5.74, 6) is 0.189. The molecule has 0 aromatic heterocycles. The number of hydrogen-bond donors (Lipinski definition) is 2. The number of aliphatic hydroxyl groups excluding tert-OH is 1. The van der Waals surface area contributed by atoms with Crippen LogP contribution in [0.15, 0.2) is 0 Å². The van der Waals surface area contributed by atoms with Crippen LogP contribution >= 0.6 is 0 Å². The van der Waals surface area contributed by atoms with Crippen molar-refractivity contribution in [1.29, 1.82) is 0 Å². The van der Waals surface area contributed by atoms with Crippen molar-refractivity contribution in [2.24, 2.45) is 5.41 Å². The lowest BCUT2D eigenvalue weighted by Gasteiger charge is -2.43. The van der Waals surface area contributed by atoms with Crippen molar-refractivity contribution in [3.8, 4) is 0 Å². The van der Waals surface area contributed by atoms with Crippen molar-refractivity contribution >= 4 is 5.91 Å². The van der Waals surface area contributed by atoms with Gasteiger partial charge in [-0.3, -0.25) is 4.79 Å². The van der Waals surface area contributed by atoms with Gasteiger partial charge in [-0.05, 0) is 45.2 Å². The van der Waals surface area contributed by atoms with Crippen molar-refractivity contribution in [3.05, 3.63) is 0 Å². The van der Waals surface area contributed by atoms with Crippen LogP contribution in [0.4, 0.5) is 0 Å². The Morgan fingerprint density at radius 1 is 1.42 bits per heavy atom. The zero-order chi connectivity index (χ0) is 13.7. The van der Waals surface area contributed by atoms with E-state index in [4.69, 9.17) is 4.74 Å². The number of nitrogens with one attached hydrogen (secondary N) is 1. The largest absolute Gasteiger partial charge is 0.394 e. The Balaban J connectivity index is 2.13. The van der Waals surface area contributed by atoms with Gasteiger partial charge in [-0.25, -0.2) is 0 Å². The summed E-state index contributed by atoms with van der Waals surface area (Å²) in [6, 6.07) is 0.00451. The molecule has 0 aromatic carbocycles. The van der Waals surface area contributed by atoms with Gasteiger partial charge in [-0.1, -0.05) is 0 Å². The van der Waals surface area contributed by atoms with Crippen molar-refractivity contribution in [2.75, 3.05) is 40.0 Å². The quantitative estimate of drug-likeness (QED) is 0.775. The molecule has 2 saturated heterocycles. The molecule has 2 N–H and O–H groups in total.